The molecule has 1 amide bonds. The number of likely N-dealkylation sites (tertiary alicyclic amines) is 1. The molecule has 1 unspecified atom stereocenters. The van der Waals surface area contributed by atoms with Gasteiger partial charge in [0.05, 0.1) is 5.92 Å². The maximum absolute atomic E-state index is 13.2. The summed E-state index contributed by atoms with van der Waals surface area (Å²) in [4.78, 5) is 22.3. The average molecular weight is 437 g/mol. The summed E-state index contributed by atoms with van der Waals surface area (Å²) in [6.07, 6.45) is 5.94. The zero-order chi connectivity index (χ0) is 21.8. The Balaban J connectivity index is 1.24. The number of carbonyl (C=O) groups excluding carboxylic acids is 1. The van der Waals surface area contributed by atoms with Crippen LogP contribution < -0.4 is 19.7 Å². The number of anilines is 1. The summed E-state index contributed by atoms with van der Waals surface area (Å²) in [5.41, 5.74) is 1.17. The summed E-state index contributed by atoms with van der Waals surface area (Å²) in [5, 5.41) is 3.39. The van der Waals surface area contributed by atoms with Crippen LogP contribution in [0.5, 0.6) is 11.5 Å². The van der Waals surface area contributed by atoms with Crippen molar-refractivity contribution >= 4 is 11.7 Å². The quantitative estimate of drug-likeness (QED) is 0.720. The fourth-order valence-corrected chi connectivity index (χ4v) is 4.98. The fraction of sp³-hybridized carbons (Fsp3) is 0.520. The Morgan fingerprint density at radius 2 is 1.94 bits per heavy atom. The lowest BCUT2D eigenvalue weighted by Crippen LogP contribution is -2.46. The lowest BCUT2D eigenvalue weighted by atomic mass is 10.0. The first kappa shape index (κ1) is 21.1. The average Bonchev–Trinajstić information content (AvgIpc) is 3.52. The molecule has 0 spiro atoms. The predicted octanol–water partition coefficient (Wildman–Crippen LogP) is 2.50. The second-order valence-corrected chi connectivity index (χ2v) is 9.01. The first-order chi connectivity index (χ1) is 15.7. The number of rotatable bonds is 7. The van der Waals surface area contributed by atoms with Crippen molar-refractivity contribution in [2.24, 2.45) is 5.92 Å². The van der Waals surface area contributed by atoms with E-state index < -0.39 is 0 Å². The molecule has 7 nitrogen and oxygen atoms in total. The molecule has 3 aliphatic heterocycles. The van der Waals surface area contributed by atoms with Crippen LogP contribution >= 0.6 is 0 Å². The van der Waals surface area contributed by atoms with Gasteiger partial charge in [-0.05, 0) is 68.6 Å². The number of ether oxygens (including phenoxy) is 2. The van der Waals surface area contributed by atoms with Gasteiger partial charge in [-0.15, -0.1) is 0 Å². The molecule has 0 bridgehead atoms. The Bertz CT molecular complexity index is 917. The second kappa shape index (κ2) is 9.77. The number of hydrogen-bond donors (Lipinski definition) is 1. The summed E-state index contributed by atoms with van der Waals surface area (Å²) < 4.78 is 11.4. The second-order valence-electron chi connectivity index (χ2n) is 9.01. The lowest BCUT2D eigenvalue weighted by molar-refractivity contribution is -0.125. The van der Waals surface area contributed by atoms with Gasteiger partial charge in [0.25, 0.3) is 0 Å². The van der Waals surface area contributed by atoms with E-state index in [9.17, 15) is 4.79 Å². The zero-order valence-corrected chi connectivity index (χ0v) is 18.5. The van der Waals surface area contributed by atoms with Gasteiger partial charge in [0.1, 0.15) is 19.0 Å². The molecule has 5 rings (SSSR count). The molecule has 0 saturated carbocycles. The molecule has 170 valence electrons. The van der Waals surface area contributed by atoms with Crippen molar-refractivity contribution in [2.75, 3.05) is 50.8 Å². The normalized spacial score (nSPS) is 21.5. The van der Waals surface area contributed by atoms with Gasteiger partial charge < -0.3 is 24.6 Å². The molecule has 32 heavy (non-hydrogen) atoms. The molecule has 2 fully saturated rings. The van der Waals surface area contributed by atoms with Gasteiger partial charge in [0.2, 0.25) is 5.91 Å². The number of aromatic nitrogens is 1. The van der Waals surface area contributed by atoms with Gasteiger partial charge in [-0.25, -0.2) is 4.98 Å². The largest absolute Gasteiger partial charge is 0.486 e. The van der Waals surface area contributed by atoms with E-state index in [1.54, 1.807) is 0 Å². The van der Waals surface area contributed by atoms with Gasteiger partial charge in [-0.3, -0.25) is 4.79 Å². The molecule has 1 aromatic carbocycles. The number of amides is 1. The van der Waals surface area contributed by atoms with Crippen LogP contribution in [-0.2, 0) is 11.2 Å². The number of fused-ring (bicyclic) bond motifs is 1. The van der Waals surface area contributed by atoms with Gasteiger partial charge in [0, 0.05) is 31.9 Å². The number of pyridine rings is 1. The van der Waals surface area contributed by atoms with E-state index in [4.69, 9.17) is 9.47 Å². The third-order valence-electron chi connectivity index (χ3n) is 6.64. The van der Waals surface area contributed by atoms with Crippen LogP contribution in [0, 0.1) is 5.92 Å². The third-order valence-corrected chi connectivity index (χ3v) is 6.64. The molecule has 2 saturated heterocycles. The van der Waals surface area contributed by atoms with E-state index in [1.807, 2.05) is 30.5 Å². The Hall–Kier alpha value is -2.80. The minimum Gasteiger partial charge on any atom is -0.486 e. The fourth-order valence-electron chi connectivity index (χ4n) is 4.98. The highest BCUT2D eigenvalue weighted by atomic mass is 16.6. The number of carbonyl (C=O) groups is 1. The van der Waals surface area contributed by atoms with Crippen molar-refractivity contribution in [1.82, 2.24) is 15.2 Å². The topological polar surface area (TPSA) is 66.9 Å². The van der Waals surface area contributed by atoms with Gasteiger partial charge in [-0.1, -0.05) is 12.1 Å². The van der Waals surface area contributed by atoms with Crippen LogP contribution in [0.25, 0.3) is 0 Å². The van der Waals surface area contributed by atoms with Crippen molar-refractivity contribution in [3.05, 3.63) is 48.2 Å². The number of benzene rings is 1. The van der Waals surface area contributed by atoms with E-state index in [2.05, 4.69) is 32.2 Å². The summed E-state index contributed by atoms with van der Waals surface area (Å²) in [6, 6.07) is 12.1. The molecule has 2 atom stereocenters. The maximum Gasteiger partial charge on any atom is 0.225 e. The zero-order valence-electron chi connectivity index (χ0n) is 18.5. The van der Waals surface area contributed by atoms with E-state index in [0.29, 0.717) is 13.2 Å². The van der Waals surface area contributed by atoms with Crippen molar-refractivity contribution in [3.63, 3.8) is 0 Å². The molecule has 1 N–H and O–H groups in total. The SMILES string of the molecule is O=C(N[C@@H](Cc1ccc2c(c1)OCCO2)CN1CCCC1)C1CCN(c2ccccn2)C1. The van der Waals surface area contributed by atoms with Gasteiger partial charge in [0.15, 0.2) is 11.5 Å². The summed E-state index contributed by atoms with van der Waals surface area (Å²) in [6.45, 7) is 5.89. The molecule has 2 aromatic rings. The Kier molecular flexibility index (Phi) is 6.44. The van der Waals surface area contributed by atoms with Crippen molar-refractivity contribution in [1.29, 1.82) is 0 Å². The number of nitrogens with one attached hydrogen (secondary N) is 1. The maximum atomic E-state index is 13.2. The summed E-state index contributed by atoms with van der Waals surface area (Å²) >= 11 is 0. The van der Waals surface area contributed by atoms with Gasteiger partial charge >= 0.3 is 0 Å². The first-order valence-corrected chi connectivity index (χ1v) is 11.8. The summed E-state index contributed by atoms with van der Waals surface area (Å²) in [7, 11) is 0. The van der Waals surface area contributed by atoms with Crippen LogP contribution in [-0.4, -0.2) is 67.8 Å². The molecule has 4 heterocycles. The Morgan fingerprint density at radius 1 is 1.09 bits per heavy atom. The highest BCUT2D eigenvalue weighted by Crippen LogP contribution is 2.31. The monoisotopic (exact) mass is 436 g/mol. The molecular formula is C25H32N4O3. The van der Waals surface area contributed by atoms with E-state index in [1.165, 1.54) is 18.4 Å². The molecule has 0 aliphatic carbocycles. The third kappa shape index (κ3) is 4.99. The molecular weight excluding hydrogens is 404 g/mol. The number of nitrogens with zero attached hydrogens (tertiary/aromatic N) is 3. The van der Waals surface area contributed by atoms with Crippen LogP contribution in [0.4, 0.5) is 5.82 Å². The smallest absolute Gasteiger partial charge is 0.225 e. The van der Waals surface area contributed by atoms with E-state index in [0.717, 1.165) is 62.9 Å². The first-order valence-electron chi connectivity index (χ1n) is 11.8. The standard InChI is InChI=1S/C25H32N4O3/c30-25(20-8-12-29(17-20)24-5-1-2-9-26-24)27-21(18-28-10-3-4-11-28)15-19-6-7-22-23(16-19)32-14-13-31-22/h1-2,5-7,9,16,20-21H,3-4,8,10-15,17-18H2,(H,27,30)/t20?,21-/m0/s1. The Morgan fingerprint density at radius 3 is 2.75 bits per heavy atom. The molecule has 7 heteroatoms. The summed E-state index contributed by atoms with van der Waals surface area (Å²) in [5.74, 6) is 2.72. The van der Waals surface area contributed by atoms with E-state index in [-0.39, 0.29) is 17.9 Å². The van der Waals surface area contributed by atoms with Gasteiger partial charge in [-0.2, -0.15) is 0 Å². The van der Waals surface area contributed by atoms with Crippen molar-refractivity contribution < 1.29 is 14.3 Å². The van der Waals surface area contributed by atoms with Crippen LogP contribution in [0.1, 0.15) is 24.8 Å². The Labute approximate surface area is 189 Å². The minimum absolute atomic E-state index is 0.00153. The molecule has 0 radical (unpaired) electrons. The highest BCUT2D eigenvalue weighted by molar-refractivity contribution is 5.80. The molecule has 3 aliphatic rings. The van der Waals surface area contributed by atoms with Crippen LogP contribution in [0.15, 0.2) is 42.6 Å². The van der Waals surface area contributed by atoms with Crippen molar-refractivity contribution in [3.8, 4) is 11.5 Å². The lowest BCUT2D eigenvalue weighted by Gasteiger charge is -2.26. The van der Waals surface area contributed by atoms with E-state index >= 15 is 0 Å². The van der Waals surface area contributed by atoms with Crippen LogP contribution in [0.2, 0.25) is 0 Å². The van der Waals surface area contributed by atoms with Crippen molar-refractivity contribution in [2.45, 2.75) is 31.7 Å². The number of hydrogen-bond acceptors (Lipinski definition) is 6. The van der Waals surface area contributed by atoms with Crippen LogP contribution in [0.3, 0.4) is 0 Å². The predicted molar refractivity (Wildman–Crippen MR) is 123 cm³/mol. The molecule has 1 aromatic heterocycles. The highest BCUT2D eigenvalue weighted by Gasteiger charge is 2.31. The minimum atomic E-state index is -0.00153.